The molecule has 30 heavy (non-hydrogen) atoms. The number of alkyl halides is 2. The molecule has 0 amide bonds. The van der Waals surface area contributed by atoms with Crippen LogP contribution in [0.25, 0.3) is 0 Å². The number of methoxy groups -OCH3 is 1. The van der Waals surface area contributed by atoms with Crippen LogP contribution in [0, 0.1) is 0 Å². The van der Waals surface area contributed by atoms with Gasteiger partial charge in [-0.05, 0) is 48.4 Å². The molecule has 0 aromatic heterocycles. The fourth-order valence-electron chi connectivity index (χ4n) is 3.26. The first-order valence-electron chi connectivity index (χ1n) is 9.49. The van der Waals surface area contributed by atoms with Crippen molar-refractivity contribution in [3.8, 4) is 11.5 Å². The minimum atomic E-state index is -2.86. The molecule has 3 aromatic rings. The van der Waals surface area contributed by atoms with Crippen LogP contribution in [-0.2, 0) is 6.54 Å². The van der Waals surface area contributed by atoms with Gasteiger partial charge in [0.2, 0.25) is 0 Å². The Labute approximate surface area is 174 Å². The lowest BCUT2D eigenvalue weighted by Gasteiger charge is -2.21. The molecule has 0 heterocycles. The second kappa shape index (κ2) is 9.98. The van der Waals surface area contributed by atoms with Gasteiger partial charge in [-0.2, -0.15) is 8.78 Å². The molecule has 1 N–H and O–H groups in total. The Kier molecular flexibility index (Phi) is 7.14. The highest BCUT2D eigenvalue weighted by Gasteiger charge is 2.16. The summed E-state index contributed by atoms with van der Waals surface area (Å²) in [4.78, 5) is 11.8. The maximum Gasteiger partial charge on any atom is 0.387 e. The fraction of sp³-hybridized carbons (Fsp3) is 0.208. The van der Waals surface area contributed by atoms with E-state index in [0.29, 0.717) is 17.9 Å². The Bertz CT molecular complexity index is 976. The maximum atomic E-state index is 12.4. The molecule has 156 valence electrons. The normalized spacial score (nSPS) is 11.9. The monoisotopic (exact) mass is 411 g/mol. The molecule has 0 radical (unpaired) electrons. The van der Waals surface area contributed by atoms with Crippen LogP contribution in [0.3, 0.4) is 0 Å². The summed E-state index contributed by atoms with van der Waals surface area (Å²) in [6.45, 7) is -0.895. The van der Waals surface area contributed by atoms with Crippen LogP contribution < -0.4 is 14.8 Å². The van der Waals surface area contributed by atoms with Crippen LogP contribution >= 0.6 is 0 Å². The third-order valence-corrected chi connectivity index (χ3v) is 4.76. The smallest absolute Gasteiger partial charge is 0.387 e. The second-order valence-electron chi connectivity index (χ2n) is 6.75. The number of carbonyl (C=O) groups is 1. The van der Waals surface area contributed by atoms with Crippen LogP contribution in [0.2, 0.25) is 0 Å². The molecule has 6 heteroatoms. The highest BCUT2D eigenvalue weighted by molar-refractivity contribution is 5.94. The number of benzene rings is 3. The lowest BCUT2D eigenvalue weighted by Crippen LogP contribution is -2.22. The minimum Gasteiger partial charge on any atom is -0.496 e. The van der Waals surface area contributed by atoms with Gasteiger partial charge in [0.1, 0.15) is 11.5 Å². The summed E-state index contributed by atoms with van der Waals surface area (Å²) in [5.41, 5.74) is 3.37. The van der Waals surface area contributed by atoms with Gasteiger partial charge in [0.05, 0.1) is 13.2 Å². The van der Waals surface area contributed by atoms with Crippen molar-refractivity contribution in [1.82, 2.24) is 5.32 Å². The number of hydrogen-bond donors (Lipinski definition) is 1. The SMILES string of the molecule is COc1ccc(C(C)=O)cc1CNC(c1ccccc1)c1ccc(OC(F)F)cc1. The molecule has 4 nitrogen and oxygen atoms in total. The number of hydrogen-bond acceptors (Lipinski definition) is 4. The van der Waals surface area contributed by atoms with E-state index in [0.717, 1.165) is 16.7 Å². The lowest BCUT2D eigenvalue weighted by atomic mass is 9.98. The second-order valence-corrected chi connectivity index (χ2v) is 6.75. The van der Waals surface area contributed by atoms with Gasteiger partial charge >= 0.3 is 6.61 Å². The van der Waals surface area contributed by atoms with Gasteiger partial charge in [-0.15, -0.1) is 0 Å². The molecule has 0 aliphatic heterocycles. The van der Waals surface area contributed by atoms with E-state index in [1.807, 2.05) is 36.4 Å². The predicted octanol–water partition coefficient (Wildman–Crippen LogP) is 5.38. The quantitative estimate of drug-likeness (QED) is 0.481. The summed E-state index contributed by atoms with van der Waals surface area (Å²) in [5.74, 6) is 0.768. The zero-order valence-electron chi connectivity index (χ0n) is 16.8. The first kappa shape index (κ1) is 21.5. The topological polar surface area (TPSA) is 47.6 Å². The first-order valence-corrected chi connectivity index (χ1v) is 9.49. The molecule has 3 rings (SSSR count). The van der Waals surface area contributed by atoms with Gasteiger partial charge in [0, 0.05) is 17.7 Å². The molecule has 1 unspecified atom stereocenters. The molecule has 1 atom stereocenters. The Balaban J connectivity index is 1.88. The van der Waals surface area contributed by atoms with Crippen molar-refractivity contribution in [1.29, 1.82) is 0 Å². The van der Waals surface area contributed by atoms with Crippen molar-refractivity contribution in [3.05, 3.63) is 95.1 Å². The largest absolute Gasteiger partial charge is 0.496 e. The minimum absolute atomic E-state index is 0.0202. The van der Waals surface area contributed by atoms with Crippen molar-refractivity contribution < 1.29 is 23.0 Å². The maximum absolute atomic E-state index is 12.4. The summed E-state index contributed by atoms with van der Waals surface area (Å²) in [6.07, 6.45) is 0. The van der Waals surface area contributed by atoms with E-state index in [4.69, 9.17) is 4.74 Å². The van der Waals surface area contributed by atoms with E-state index in [2.05, 4.69) is 10.1 Å². The van der Waals surface area contributed by atoms with Crippen molar-refractivity contribution in [3.63, 3.8) is 0 Å². The first-order chi connectivity index (χ1) is 14.5. The molecule has 0 saturated heterocycles. The van der Waals surface area contributed by atoms with Crippen LogP contribution in [0.15, 0.2) is 72.8 Å². The molecule has 0 fully saturated rings. The Hall–Kier alpha value is -3.25. The van der Waals surface area contributed by atoms with E-state index in [9.17, 15) is 13.6 Å². The number of halogens is 2. The van der Waals surface area contributed by atoms with E-state index >= 15 is 0 Å². The molecule has 0 aliphatic carbocycles. The summed E-state index contributed by atoms with van der Waals surface area (Å²) in [5, 5.41) is 3.49. The van der Waals surface area contributed by atoms with Crippen molar-refractivity contribution in [2.45, 2.75) is 26.1 Å². The molecule has 3 aromatic carbocycles. The van der Waals surface area contributed by atoms with Crippen molar-refractivity contribution in [2.24, 2.45) is 0 Å². The number of ether oxygens (including phenoxy) is 2. The van der Waals surface area contributed by atoms with Gasteiger partial charge in [-0.1, -0.05) is 42.5 Å². The number of ketones is 1. The van der Waals surface area contributed by atoms with Gasteiger partial charge in [0.15, 0.2) is 5.78 Å². The summed E-state index contributed by atoms with van der Waals surface area (Å²) >= 11 is 0. The average molecular weight is 411 g/mol. The number of rotatable bonds is 9. The van der Waals surface area contributed by atoms with Crippen LogP contribution in [0.4, 0.5) is 8.78 Å². The van der Waals surface area contributed by atoms with Crippen molar-refractivity contribution >= 4 is 5.78 Å². The highest BCUT2D eigenvalue weighted by atomic mass is 19.3. The molecule has 0 saturated carbocycles. The zero-order chi connectivity index (χ0) is 21.5. The standard InChI is InChI=1S/C24H23F2NO3/c1-16(28)19-10-13-22(29-2)20(14-19)15-27-23(17-6-4-3-5-7-17)18-8-11-21(12-9-18)30-24(25)26/h3-14,23-24,27H,15H2,1-2H3. The van der Waals surface area contributed by atoms with E-state index in [-0.39, 0.29) is 17.6 Å². The Morgan fingerprint density at radius 3 is 2.23 bits per heavy atom. The number of nitrogens with one attached hydrogen (secondary N) is 1. The van der Waals surface area contributed by atoms with Crippen molar-refractivity contribution in [2.75, 3.05) is 7.11 Å². The third-order valence-electron chi connectivity index (χ3n) is 4.76. The average Bonchev–Trinajstić information content (AvgIpc) is 2.75. The van der Waals surface area contributed by atoms with E-state index < -0.39 is 6.61 Å². The molecule has 0 aliphatic rings. The third kappa shape index (κ3) is 5.42. The molecular formula is C24H23F2NO3. The predicted molar refractivity (Wildman–Crippen MR) is 111 cm³/mol. The van der Waals surface area contributed by atoms with Gasteiger partial charge in [-0.25, -0.2) is 0 Å². The number of Topliss-reactive ketones (excluding diaryl/α,β-unsaturated/α-hetero) is 1. The van der Waals surface area contributed by atoms with Crippen LogP contribution in [-0.4, -0.2) is 19.5 Å². The van der Waals surface area contributed by atoms with Crippen LogP contribution in [0.5, 0.6) is 11.5 Å². The fourth-order valence-corrected chi connectivity index (χ4v) is 3.26. The van der Waals surface area contributed by atoms with Gasteiger partial charge in [-0.3, -0.25) is 4.79 Å². The summed E-state index contributed by atoms with van der Waals surface area (Å²) < 4.78 is 34.8. The molecule has 0 bridgehead atoms. The number of carbonyl (C=O) groups excluding carboxylic acids is 1. The van der Waals surface area contributed by atoms with Gasteiger partial charge < -0.3 is 14.8 Å². The van der Waals surface area contributed by atoms with Gasteiger partial charge in [0.25, 0.3) is 0 Å². The summed E-state index contributed by atoms with van der Waals surface area (Å²) in [7, 11) is 1.59. The Morgan fingerprint density at radius 1 is 0.967 bits per heavy atom. The van der Waals surface area contributed by atoms with E-state index in [1.54, 1.807) is 31.4 Å². The zero-order valence-corrected chi connectivity index (χ0v) is 16.8. The molecular weight excluding hydrogens is 388 g/mol. The van der Waals surface area contributed by atoms with E-state index in [1.165, 1.54) is 19.1 Å². The lowest BCUT2D eigenvalue weighted by molar-refractivity contribution is -0.0498. The molecule has 0 spiro atoms. The Morgan fingerprint density at radius 2 is 1.63 bits per heavy atom. The highest BCUT2D eigenvalue weighted by Crippen LogP contribution is 2.27. The summed E-state index contributed by atoms with van der Waals surface area (Å²) in [6, 6.07) is 21.5. The van der Waals surface area contributed by atoms with Crippen LogP contribution in [0.1, 0.15) is 40.0 Å².